The van der Waals surface area contributed by atoms with Crippen LogP contribution < -0.4 is 34.7 Å². The first-order valence-corrected chi connectivity index (χ1v) is 3.45. The molecule has 0 N–H and O–H groups in total. The molecule has 0 aromatic heterocycles. The summed E-state index contributed by atoms with van der Waals surface area (Å²) in [6, 6.07) is 0. The first-order valence-electron chi connectivity index (χ1n) is 2.53. The van der Waals surface area contributed by atoms with Crippen LogP contribution in [0.4, 0.5) is 0 Å². The van der Waals surface area contributed by atoms with Crippen LogP contribution in [0.3, 0.4) is 0 Å². The number of carbonyl (C=O) groups is 1. The fourth-order valence-corrected chi connectivity index (χ4v) is 0.829. The Kier molecular flexibility index (Phi) is 9.89. The van der Waals surface area contributed by atoms with Crippen LogP contribution in [0.2, 0.25) is 0 Å². The zero-order chi connectivity index (χ0) is 6.57. The Balaban J connectivity index is 0. The van der Waals surface area contributed by atoms with Gasteiger partial charge in [0.25, 0.3) is 0 Å². The minimum absolute atomic E-state index is 0. The molecule has 0 fully saturated rings. The molecule has 1 atom stereocenters. The fourth-order valence-electron chi connectivity index (χ4n) is 0.371. The van der Waals surface area contributed by atoms with E-state index in [-0.39, 0.29) is 29.6 Å². The molecule has 2 nitrogen and oxygen atoms in total. The van der Waals surface area contributed by atoms with Gasteiger partial charge in [-0.1, -0.05) is 29.3 Å². The van der Waals surface area contributed by atoms with Gasteiger partial charge in [-0.25, -0.2) is 0 Å². The number of carboxylic acid groups (broad SMARTS) is 1. The van der Waals surface area contributed by atoms with Gasteiger partial charge in [0.15, 0.2) is 0 Å². The SMILES string of the molecule is CCCC(Br)C(=O)[O-].[Na+]. The van der Waals surface area contributed by atoms with E-state index in [2.05, 4.69) is 15.9 Å². The number of alkyl halides is 1. The Labute approximate surface area is 85.4 Å². The molecule has 0 rings (SSSR count). The predicted octanol–water partition coefficient (Wildman–Crippen LogP) is -2.70. The molecule has 0 aliphatic carbocycles. The number of hydrogen-bond acceptors (Lipinski definition) is 2. The van der Waals surface area contributed by atoms with Crippen LogP contribution in [-0.2, 0) is 4.79 Å². The topological polar surface area (TPSA) is 40.1 Å². The second-order valence-corrected chi connectivity index (χ2v) is 2.68. The second-order valence-electron chi connectivity index (χ2n) is 1.58. The largest absolute Gasteiger partial charge is 1.00 e. The molecule has 0 aromatic rings. The van der Waals surface area contributed by atoms with E-state index in [1.807, 2.05) is 6.92 Å². The molecule has 0 heterocycles. The number of hydrogen-bond donors (Lipinski definition) is 0. The summed E-state index contributed by atoms with van der Waals surface area (Å²) in [5.41, 5.74) is 0. The maximum atomic E-state index is 9.93. The molecule has 0 spiro atoms. The Morgan fingerprint density at radius 2 is 2.22 bits per heavy atom. The molecule has 0 saturated carbocycles. The van der Waals surface area contributed by atoms with Crippen molar-refractivity contribution >= 4 is 21.9 Å². The smallest absolute Gasteiger partial charge is 0.549 e. The number of rotatable bonds is 3. The van der Waals surface area contributed by atoms with E-state index in [0.717, 1.165) is 6.42 Å². The van der Waals surface area contributed by atoms with Gasteiger partial charge in [0.1, 0.15) is 0 Å². The van der Waals surface area contributed by atoms with Gasteiger partial charge in [0, 0.05) is 0 Å². The minimum Gasteiger partial charge on any atom is -0.549 e. The average Bonchev–Trinajstić information content (AvgIpc) is 1.67. The first-order chi connectivity index (χ1) is 3.68. The molecule has 0 amide bonds. The summed E-state index contributed by atoms with van der Waals surface area (Å²) >= 11 is 2.94. The molecule has 1 unspecified atom stereocenters. The number of aliphatic carboxylic acids is 1. The van der Waals surface area contributed by atoms with Crippen LogP contribution in [0.5, 0.6) is 0 Å². The summed E-state index contributed by atoms with van der Waals surface area (Å²) in [7, 11) is 0. The van der Waals surface area contributed by atoms with Crippen molar-refractivity contribution in [2.45, 2.75) is 24.6 Å². The normalized spacial score (nSPS) is 11.8. The molecule has 9 heavy (non-hydrogen) atoms. The summed E-state index contributed by atoms with van der Waals surface area (Å²) < 4.78 is 0. The summed E-state index contributed by atoms with van der Waals surface area (Å²) in [6.07, 6.45) is 1.51. The molecule has 0 aromatic carbocycles. The van der Waals surface area contributed by atoms with Gasteiger partial charge >= 0.3 is 29.6 Å². The molecule has 0 saturated heterocycles. The van der Waals surface area contributed by atoms with E-state index in [1.165, 1.54) is 0 Å². The summed E-state index contributed by atoms with van der Waals surface area (Å²) in [5.74, 6) is -1.02. The van der Waals surface area contributed by atoms with Gasteiger partial charge in [-0.3, -0.25) is 0 Å². The van der Waals surface area contributed by atoms with Crippen molar-refractivity contribution in [1.82, 2.24) is 0 Å². The van der Waals surface area contributed by atoms with Crippen molar-refractivity contribution in [2.75, 3.05) is 0 Å². The van der Waals surface area contributed by atoms with Crippen LogP contribution in [0, 0.1) is 0 Å². The number of carbonyl (C=O) groups excluding carboxylic acids is 1. The van der Waals surface area contributed by atoms with Gasteiger partial charge in [-0.15, -0.1) is 0 Å². The van der Waals surface area contributed by atoms with Gasteiger partial charge in [0.05, 0.1) is 10.8 Å². The van der Waals surface area contributed by atoms with Gasteiger partial charge in [0.2, 0.25) is 0 Å². The van der Waals surface area contributed by atoms with Crippen LogP contribution in [-0.4, -0.2) is 10.8 Å². The van der Waals surface area contributed by atoms with Gasteiger partial charge in [-0.2, -0.15) is 0 Å². The van der Waals surface area contributed by atoms with Crippen molar-refractivity contribution in [3.8, 4) is 0 Å². The summed E-state index contributed by atoms with van der Waals surface area (Å²) in [5, 5.41) is 9.93. The van der Waals surface area contributed by atoms with Crippen molar-refractivity contribution in [2.24, 2.45) is 0 Å². The third-order valence-electron chi connectivity index (χ3n) is 0.798. The average molecular weight is 203 g/mol. The molecule has 0 bridgehead atoms. The monoisotopic (exact) mass is 202 g/mol. The third kappa shape index (κ3) is 6.84. The summed E-state index contributed by atoms with van der Waals surface area (Å²) in [4.78, 5) is 9.47. The van der Waals surface area contributed by atoms with Crippen molar-refractivity contribution in [3.05, 3.63) is 0 Å². The Hall–Kier alpha value is 0.950. The number of halogens is 1. The first kappa shape index (κ1) is 12.6. The maximum Gasteiger partial charge on any atom is 1.00 e. The van der Waals surface area contributed by atoms with E-state index in [0.29, 0.717) is 6.42 Å². The van der Waals surface area contributed by atoms with Crippen molar-refractivity contribution < 1.29 is 39.5 Å². The molecule has 0 radical (unpaired) electrons. The molecule has 0 aliphatic rings. The van der Waals surface area contributed by atoms with E-state index in [1.54, 1.807) is 0 Å². The van der Waals surface area contributed by atoms with E-state index < -0.39 is 10.8 Å². The van der Waals surface area contributed by atoms with E-state index in [4.69, 9.17) is 0 Å². The van der Waals surface area contributed by atoms with Crippen LogP contribution in [0.25, 0.3) is 0 Å². The molecule has 48 valence electrons. The van der Waals surface area contributed by atoms with Gasteiger partial charge < -0.3 is 9.90 Å². The van der Waals surface area contributed by atoms with E-state index >= 15 is 0 Å². The maximum absolute atomic E-state index is 9.93. The fraction of sp³-hybridized carbons (Fsp3) is 0.800. The zero-order valence-corrected chi connectivity index (χ0v) is 9.27. The molecule has 0 aliphatic heterocycles. The standard InChI is InChI=1S/C5H9BrO2.Na/c1-2-3-4(6)5(7)8;/h4H,2-3H2,1H3,(H,7,8);/q;+1/p-1. The van der Waals surface area contributed by atoms with E-state index in [9.17, 15) is 9.90 Å². The third-order valence-corrected chi connectivity index (χ3v) is 1.63. The van der Waals surface area contributed by atoms with Crippen molar-refractivity contribution in [3.63, 3.8) is 0 Å². The predicted molar refractivity (Wildman–Crippen MR) is 32.6 cm³/mol. The van der Waals surface area contributed by atoms with Crippen molar-refractivity contribution in [1.29, 1.82) is 0 Å². The Morgan fingerprint density at radius 3 is 2.33 bits per heavy atom. The minimum atomic E-state index is -1.02. The number of carboxylic acids is 1. The quantitative estimate of drug-likeness (QED) is 0.370. The summed E-state index contributed by atoms with van der Waals surface area (Å²) in [6.45, 7) is 1.93. The Bertz CT molecular complexity index is 87.0. The molecular weight excluding hydrogens is 195 g/mol. The second kappa shape index (κ2) is 7.06. The zero-order valence-electron chi connectivity index (χ0n) is 5.69. The van der Waals surface area contributed by atoms with Gasteiger partial charge in [-0.05, 0) is 6.42 Å². The van der Waals surface area contributed by atoms with Crippen LogP contribution in [0.15, 0.2) is 0 Å². The Morgan fingerprint density at radius 1 is 1.78 bits per heavy atom. The van der Waals surface area contributed by atoms with Crippen LogP contribution in [0.1, 0.15) is 19.8 Å². The molecular formula is C5H8BrNaO2. The van der Waals surface area contributed by atoms with Crippen LogP contribution >= 0.6 is 15.9 Å². The molecule has 4 heteroatoms.